The van der Waals surface area contributed by atoms with Crippen LogP contribution in [0, 0.1) is 0 Å². The normalized spacial score (nSPS) is 13.7. The summed E-state index contributed by atoms with van der Waals surface area (Å²) in [6, 6.07) is 5.74. The predicted molar refractivity (Wildman–Crippen MR) is 50.5 cm³/mol. The highest BCUT2D eigenvalue weighted by molar-refractivity contribution is 5.29. The van der Waals surface area contributed by atoms with E-state index in [0.717, 1.165) is 5.56 Å². The van der Waals surface area contributed by atoms with Crippen LogP contribution in [0.25, 0.3) is 0 Å². The van der Waals surface area contributed by atoms with Gasteiger partial charge in [0.25, 0.3) is 0 Å². The van der Waals surface area contributed by atoms with Crippen molar-refractivity contribution in [3.8, 4) is 5.75 Å². The van der Waals surface area contributed by atoms with E-state index >= 15 is 0 Å². The molecule has 0 aliphatic carbocycles. The van der Waals surface area contributed by atoms with Gasteiger partial charge in [-0.3, -0.25) is 0 Å². The topological polar surface area (TPSA) is 35.2 Å². The van der Waals surface area contributed by atoms with Gasteiger partial charge in [0.1, 0.15) is 5.75 Å². The molecule has 0 spiro atoms. The summed E-state index contributed by atoms with van der Waals surface area (Å²) >= 11 is 0. The van der Waals surface area contributed by atoms with Crippen LogP contribution in [0.1, 0.15) is 12.5 Å². The van der Waals surface area contributed by atoms with Crippen molar-refractivity contribution in [1.82, 2.24) is 0 Å². The van der Waals surface area contributed by atoms with Crippen LogP contribution in [-0.4, -0.2) is 12.4 Å². The van der Waals surface area contributed by atoms with Crippen LogP contribution in [0.2, 0.25) is 0 Å². The summed E-state index contributed by atoms with van der Waals surface area (Å²) in [6.45, 7) is 1.79. The lowest BCUT2D eigenvalue weighted by molar-refractivity contribution is -0.274. The third kappa shape index (κ3) is 4.69. The van der Waals surface area contributed by atoms with Crippen molar-refractivity contribution >= 4 is 0 Å². The van der Waals surface area contributed by atoms with Gasteiger partial charge in [0.15, 0.2) is 0 Å². The van der Waals surface area contributed by atoms with Crippen LogP contribution in [-0.2, 0) is 6.42 Å². The number of hydrogen-bond acceptors (Lipinski definition) is 2. The van der Waals surface area contributed by atoms with E-state index in [9.17, 15) is 13.2 Å². The van der Waals surface area contributed by atoms with E-state index in [-0.39, 0.29) is 11.8 Å². The molecule has 1 aromatic rings. The van der Waals surface area contributed by atoms with E-state index in [0.29, 0.717) is 6.42 Å². The maximum Gasteiger partial charge on any atom is 0.573 e. The molecule has 15 heavy (non-hydrogen) atoms. The van der Waals surface area contributed by atoms with E-state index in [1.54, 1.807) is 13.0 Å². The van der Waals surface area contributed by atoms with Crippen molar-refractivity contribution in [3.63, 3.8) is 0 Å². The summed E-state index contributed by atoms with van der Waals surface area (Å²) in [4.78, 5) is 0. The summed E-state index contributed by atoms with van der Waals surface area (Å²) in [7, 11) is 0. The van der Waals surface area contributed by atoms with E-state index in [1.165, 1.54) is 18.2 Å². The molecule has 1 rings (SSSR count). The Bertz CT molecular complexity index is 323. The van der Waals surface area contributed by atoms with Crippen LogP contribution in [0.3, 0.4) is 0 Å². The Balaban J connectivity index is 2.74. The van der Waals surface area contributed by atoms with Gasteiger partial charge in [-0.15, -0.1) is 13.2 Å². The lowest BCUT2D eigenvalue weighted by Crippen LogP contribution is -2.19. The second-order valence-electron chi connectivity index (χ2n) is 3.38. The maximum atomic E-state index is 11.9. The molecule has 0 bridgehead atoms. The summed E-state index contributed by atoms with van der Waals surface area (Å²) < 4.78 is 39.4. The van der Waals surface area contributed by atoms with Gasteiger partial charge in [0, 0.05) is 6.04 Å². The van der Waals surface area contributed by atoms with Crippen molar-refractivity contribution < 1.29 is 17.9 Å². The van der Waals surface area contributed by atoms with Gasteiger partial charge < -0.3 is 10.5 Å². The Labute approximate surface area is 85.8 Å². The second kappa shape index (κ2) is 4.53. The standard InChI is InChI=1S/C10H12F3NO/c1-7(14)5-8-3-2-4-9(6-8)15-10(11,12)13/h2-4,6-7H,5,14H2,1H3/t7-/m1/s1. The summed E-state index contributed by atoms with van der Waals surface area (Å²) in [5.41, 5.74) is 6.27. The minimum atomic E-state index is -4.65. The molecule has 0 saturated heterocycles. The third-order valence-corrected chi connectivity index (χ3v) is 1.69. The highest BCUT2D eigenvalue weighted by Gasteiger charge is 2.31. The monoisotopic (exact) mass is 219 g/mol. The number of hydrogen-bond donors (Lipinski definition) is 1. The Kier molecular flexibility index (Phi) is 3.57. The van der Waals surface area contributed by atoms with Gasteiger partial charge in [0.05, 0.1) is 0 Å². The predicted octanol–water partition coefficient (Wildman–Crippen LogP) is 2.47. The summed E-state index contributed by atoms with van der Waals surface area (Å²) in [5.74, 6) is -0.208. The zero-order chi connectivity index (χ0) is 11.5. The van der Waals surface area contributed by atoms with E-state index < -0.39 is 6.36 Å². The van der Waals surface area contributed by atoms with Crippen molar-refractivity contribution in [2.45, 2.75) is 25.7 Å². The SMILES string of the molecule is C[C@@H](N)Cc1cccc(OC(F)(F)F)c1. The minimum absolute atomic E-state index is 0.0915. The van der Waals surface area contributed by atoms with Crippen molar-refractivity contribution in [2.24, 2.45) is 5.73 Å². The lowest BCUT2D eigenvalue weighted by Gasteiger charge is -2.10. The Hall–Kier alpha value is -1.23. The van der Waals surface area contributed by atoms with E-state index in [1.807, 2.05) is 0 Å². The second-order valence-corrected chi connectivity index (χ2v) is 3.38. The fourth-order valence-electron chi connectivity index (χ4n) is 1.24. The molecule has 0 fully saturated rings. The first-order valence-electron chi connectivity index (χ1n) is 4.47. The first-order chi connectivity index (χ1) is 6.87. The molecule has 5 heteroatoms. The average Bonchev–Trinajstić information content (AvgIpc) is 1.99. The van der Waals surface area contributed by atoms with Gasteiger partial charge in [-0.2, -0.15) is 0 Å². The molecule has 0 amide bonds. The molecule has 1 aromatic carbocycles. The van der Waals surface area contributed by atoms with Crippen LogP contribution < -0.4 is 10.5 Å². The molecular formula is C10H12F3NO. The first kappa shape index (κ1) is 11.8. The molecule has 1 atom stereocenters. The van der Waals surface area contributed by atoms with Crippen LogP contribution in [0.15, 0.2) is 24.3 Å². The maximum absolute atomic E-state index is 11.9. The quantitative estimate of drug-likeness (QED) is 0.847. The fourth-order valence-corrected chi connectivity index (χ4v) is 1.24. The van der Waals surface area contributed by atoms with Crippen molar-refractivity contribution in [2.75, 3.05) is 0 Å². The molecule has 2 nitrogen and oxygen atoms in total. The molecule has 0 heterocycles. The average molecular weight is 219 g/mol. The van der Waals surface area contributed by atoms with Crippen LogP contribution in [0.4, 0.5) is 13.2 Å². The number of benzene rings is 1. The van der Waals surface area contributed by atoms with Crippen LogP contribution in [0.5, 0.6) is 5.75 Å². The molecule has 2 N–H and O–H groups in total. The number of halogens is 3. The van der Waals surface area contributed by atoms with Crippen LogP contribution >= 0.6 is 0 Å². The minimum Gasteiger partial charge on any atom is -0.406 e. The Morgan fingerprint density at radius 3 is 2.60 bits per heavy atom. The van der Waals surface area contributed by atoms with Gasteiger partial charge in [-0.1, -0.05) is 12.1 Å². The number of nitrogens with two attached hydrogens (primary N) is 1. The fraction of sp³-hybridized carbons (Fsp3) is 0.400. The summed E-state index contributed by atoms with van der Waals surface area (Å²) in [5, 5.41) is 0. The van der Waals surface area contributed by atoms with Crippen molar-refractivity contribution in [3.05, 3.63) is 29.8 Å². The highest BCUT2D eigenvalue weighted by Crippen LogP contribution is 2.23. The van der Waals surface area contributed by atoms with Gasteiger partial charge in [-0.25, -0.2) is 0 Å². The molecule has 0 unspecified atom stereocenters. The zero-order valence-electron chi connectivity index (χ0n) is 8.21. The zero-order valence-corrected chi connectivity index (χ0v) is 8.21. The Morgan fingerprint density at radius 2 is 2.07 bits per heavy atom. The molecule has 0 aliphatic rings. The lowest BCUT2D eigenvalue weighted by atomic mass is 10.1. The third-order valence-electron chi connectivity index (χ3n) is 1.69. The molecule has 0 radical (unpaired) electrons. The molecular weight excluding hydrogens is 207 g/mol. The number of alkyl halides is 3. The van der Waals surface area contributed by atoms with E-state index in [2.05, 4.69) is 4.74 Å². The first-order valence-corrected chi connectivity index (χ1v) is 4.47. The number of rotatable bonds is 3. The molecule has 0 saturated carbocycles. The molecule has 0 aromatic heterocycles. The number of ether oxygens (including phenoxy) is 1. The molecule has 0 aliphatic heterocycles. The van der Waals surface area contributed by atoms with Crippen molar-refractivity contribution in [1.29, 1.82) is 0 Å². The largest absolute Gasteiger partial charge is 0.573 e. The molecule has 84 valence electrons. The van der Waals surface area contributed by atoms with Gasteiger partial charge in [-0.05, 0) is 31.0 Å². The van der Waals surface area contributed by atoms with E-state index in [4.69, 9.17) is 5.73 Å². The Morgan fingerprint density at radius 1 is 1.40 bits per heavy atom. The highest BCUT2D eigenvalue weighted by atomic mass is 19.4. The van der Waals surface area contributed by atoms with Gasteiger partial charge >= 0.3 is 6.36 Å². The smallest absolute Gasteiger partial charge is 0.406 e. The summed E-state index contributed by atoms with van der Waals surface area (Å²) in [6.07, 6.45) is -4.12. The van der Waals surface area contributed by atoms with Gasteiger partial charge in [0.2, 0.25) is 0 Å².